The quantitative estimate of drug-likeness (QED) is 0.592. The minimum atomic E-state index is -1.37. The van der Waals surface area contributed by atoms with Crippen molar-refractivity contribution in [2.45, 2.75) is 19.3 Å². The Balaban J connectivity index is 2.22. The molecule has 16 heavy (non-hydrogen) atoms. The van der Waals surface area contributed by atoms with Crippen LogP contribution >= 0.6 is 0 Å². The zero-order valence-electron chi connectivity index (χ0n) is 8.90. The van der Waals surface area contributed by atoms with Gasteiger partial charge in [-0.05, 0) is 25.5 Å². The first-order valence-corrected chi connectivity index (χ1v) is 5.16. The molecule has 0 saturated heterocycles. The Kier molecular flexibility index (Phi) is 2.46. The number of hydrogen-bond acceptors (Lipinski definition) is 3. The number of rotatable bonds is 4. The molecule has 2 atom stereocenters. The molecular weight excluding hydrogens is 210 g/mol. The van der Waals surface area contributed by atoms with Crippen molar-refractivity contribution in [3.8, 4) is 0 Å². The predicted molar refractivity (Wildman–Crippen MR) is 54.9 cm³/mol. The number of carbonyl (C=O) groups excluding carboxylic acids is 1. The summed E-state index contributed by atoms with van der Waals surface area (Å²) in [6.07, 6.45) is 2.02. The Morgan fingerprint density at radius 2 is 2.44 bits per heavy atom. The molecule has 5 heteroatoms. The van der Waals surface area contributed by atoms with E-state index >= 15 is 0 Å². The van der Waals surface area contributed by atoms with Gasteiger partial charge < -0.3 is 14.8 Å². The van der Waals surface area contributed by atoms with Crippen LogP contribution < -0.4 is 0 Å². The molecule has 0 aliphatic heterocycles. The van der Waals surface area contributed by atoms with Gasteiger partial charge in [-0.3, -0.25) is 9.59 Å². The standard InChI is InChI=1S/C11H13NO4/c1-2-16-10(15)11(9(13)14)6-7(11)8-4-3-5-12-8/h3-5,7,12H,2,6H2,1H3,(H,13,14). The first-order valence-electron chi connectivity index (χ1n) is 5.16. The number of aliphatic carboxylic acids is 1. The molecule has 2 rings (SSSR count). The first kappa shape index (κ1) is 10.7. The third kappa shape index (κ3) is 1.39. The Bertz CT molecular complexity index is 412. The van der Waals surface area contributed by atoms with Crippen LogP contribution in [0.1, 0.15) is 25.0 Å². The molecule has 0 spiro atoms. The molecule has 2 N–H and O–H groups in total. The molecule has 2 unspecified atom stereocenters. The molecule has 86 valence electrons. The van der Waals surface area contributed by atoms with Gasteiger partial charge in [-0.2, -0.15) is 0 Å². The molecule has 1 saturated carbocycles. The van der Waals surface area contributed by atoms with Gasteiger partial charge in [-0.1, -0.05) is 0 Å². The van der Waals surface area contributed by atoms with E-state index in [1.165, 1.54) is 0 Å². The minimum absolute atomic E-state index is 0.200. The van der Waals surface area contributed by atoms with E-state index < -0.39 is 17.4 Å². The third-order valence-electron chi connectivity index (χ3n) is 2.98. The van der Waals surface area contributed by atoms with Crippen LogP contribution in [0.3, 0.4) is 0 Å². The van der Waals surface area contributed by atoms with Gasteiger partial charge in [0.15, 0.2) is 5.41 Å². The van der Waals surface area contributed by atoms with E-state index in [0.29, 0.717) is 6.42 Å². The smallest absolute Gasteiger partial charge is 0.324 e. The van der Waals surface area contributed by atoms with Gasteiger partial charge in [0.25, 0.3) is 0 Å². The molecule has 1 aliphatic carbocycles. The Hall–Kier alpha value is -1.78. The highest BCUT2D eigenvalue weighted by molar-refractivity contribution is 6.04. The fourth-order valence-electron chi connectivity index (χ4n) is 2.01. The number of aromatic amines is 1. The Morgan fingerprint density at radius 3 is 2.94 bits per heavy atom. The summed E-state index contributed by atoms with van der Waals surface area (Å²) in [5, 5.41) is 9.16. The van der Waals surface area contributed by atoms with Crippen molar-refractivity contribution in [1.29, 1.82) is 0 Å². The number of carboxylic acid groups (broad SMARTS) is 1. The van der Waals surface area contributed by atoms with E-state index in [2.05, 4.69) is 4.98 Å². The number of nitrogens with one attached hydrogen (secondary N) is 1. The molecule has 0 aromatic carbocycles. The second-order valence-corrected chi connectivity index (χ2v) is 3.88. The monoisotopic (exact) mass is 223 g/mol. The highest BCUT2D eigenvalue weighted by Crippen LogP contribution is 2.59. The Morgan fingerprint density at radius 1 is 1.69 bits per heavy atom. The lowest BCUT2D eigenvalue weighted by atomic mass is 10.0. The van der Waals surface area contributed by atoms with Crippen LogP contribution in [0.5, 0.6) is 0 Å². The van der Waals surface area contributed by atoms with Crippen LogP contribution in [0.15, 0.2) is 18.3 Å². The van der Waals surface area contributed by atoms with E-state index in [1.807, 2.05) is 0 Å². The topological polar surface area (TPSA) is 79.4 Å². The molecular formula is C11H13NO4. The van der Waals surface area contributed by atoms with Gasteiger partial charge in [0, 0.05) is 17.8 Å². The number of H-pyrrole nitrogens is 1. The van der Waals surface area contributed by atoms with E-state index in [0.717, 1.165) is 5.69 Å². The first-order chi connectivity index (χ1) is 7.63. The number of ether oxygens (including phenoxy) is 1. The van der Waals surface area contributed by atoms with Crippen LogP contribution in [0.25, 0.3) is 0 Å². The fraction of sp³-hybridized carbons (Fsp3) is 0.455. The lowest BCUT2D eigenvalue weighted by Gasteiger charge is -2.10. The molecule has 0 amide bonds. The average molecular weight is 223 g/mol. The molecule has 1 aromatic heterocycles. The van der Waals surface area contributed by atoms with Gasteiger partial charge in [0.2, 0.25) is 0 Å². The normalized spacial score (nSPS) is 27.4. The number of esters is 1. The summed E-state index contributed by atoms with van der Waals surface area (Å²) < 4.78 is 4.83. The summed E-state index contributed by atoms with van der Waals surface area (Å²) in [5.41, 5.74) is -0.601. The van der Waals surface area contributed by atoms with Crippen molar-refractivity contribution < 1.29 is 19.4 Å². The van der Waals surface area contributed by atoms with Crippen molar-refractivity contribution in [1.82, 2.24) is 4.98 Å². The van der Waals surface area contributed by atoms with Crippen LogP contribution in [0, 0.1) is 5.41 Å². The molecule has 5 nitrogen and oxygen atoms in total. The second-order valence-electron chi connectivity index (χ2n) is 3.88. The summed E-state index contributed by atoms with van der Waals surface area (Å²) >= 11 is 0. The fourth-order valence-corrected chi connectivity index (χ4v) is 2.01. The lowest BCUT2D eigenvalue weighted by Crippen LogP contribution is -2.29. The van der Waals surface area contributed by atoms with Gasteiger partial charge in [-0.25, -0.2) is 0 Å². The molecule has 0 bridgehead atoms. The summed E-state index contributed by atoms with van der Waals surface area (Å²) in [5.74, 6) is -2.04. The highest BCUT2D eigenvalue weighted by atomic mass is 16.5. The van der Waals surface area contributed by atoms with Crippen molar-refractivity contribution in [2.75, 3.05) is 6.61 Å². The predicted octanol–water partition coefficient (Wildman–Crippen LogP) is 1.14. The molecule has 1 fully saturated rings. The lowest BCUT2D eigenvalue weighted by molar-refractivity contribution is -0.161. The van der Waals surface area contributed by atoms with E-state index in [1.54, 1.807) is 25.3 Å². The number of aromatic nitrogens is 1. The minimum Gasteiger partial charge on any atom is -0.480 e. The van der Waals surface area contributed by atoms with Gasteiger partial charge in [-0.15, -0.1) is 0 Å². The Labute approximate surface area is 92.4 Å². The molecule has 1 aliphatic rings. The van der Waals surface area contributed by atoms with Crippen molar-refractivity contribution in [2.24, 2.45) is 5.41 Å². The largest absolute Gasteiger partial charge is 0.480 e. The van der Waals surface area contributed by atoms with Crippen molar-refractivity contribution in [3.05, 3.63) is 24.0 Å². The summed E-state index contributed by atoms with van der Waals surface area (Å²) in [6, 6.07) is 3.57. The van der Waals surface area contributed by atoms with E-state index in [9.17, 15) is 9.59 Å². The van der Waals surface area contributed by atoms with Crippen LogP contribution in [0.4, 0.5) is 0 Å². The summed E-state index contributed by atoms with van der Waals surface area (Å²) in [4.78, 5) is 25.8. The second kappa shape index (κ2) is 3.66. The third-order valence-corrected chi connectivity index (χ3v) is 2.98. The summed E-state index contributed by atoms with van der Waals surface area (Å²) in [7, 11) is 0. The SMILES string of the molecule is CCOC(=O)C1(C(=O)O)CC1c1ccc[nH]1. The maximum absolute atomic E-state index is 11.7. The number of carboxylic acids is 1. The van der Waals surface area contributed by atoms with E-state index in [4.69, 9.17) is 9.84 Å². The van der Waals surface area contributed by atoms with Crippen LogP contribution in [0.2, 0.25) is 0 Å². The summed E-state index contributed by atoms with van der Waals surface area (Å²) in [6.45, 7) is 1.87. The molecule has 1 aromatic rings. The average Bonchev–Trinajstić information content (AvgIpc) is 2.78. The van der Waals surface area contributed by atoms with Gasteiger partial charge in [0.1, 0.15) is 0 Å². The zero-order valence-corrected chi connectivity index (χ0v) is 8.90. The maximum Gasteiger partial charge on any atom is 0.324 e. The van der Waals surface area contributed by atoms with Crippen molar-refractivity contribution >= 4 is 11.9 Å². The van der Waals surface area contributed by atoms with Crippen molar-refractivity contribution in [3.63, 3.8) is 0 Å². The van der Waals surface area contributed by atoms with Gasteiger partial charge in [0.05, 0.1) is 6.61 Å². The zero-order chi connectivity index (χ0) is 11.8. The highest BCUT2D eigenvalue weighted by Gasteiger charge is 2.68. The van der Waals surface area contributed by atoms with Crippen LogP contribution in [-0.2, 0) is 14.3 Å². The molecule has 0 radical (unpaired) electrons. The van der Waals surface area contributed by atoms with Gasteiger partial charge >= 0.3 is 11.9 Å². The number of carbonyl (C=O) groups is 2. The van der Waals surface area contributed by atoms with Crippen LogP contribution in [-0.4, -0.2) is 28.6 Å². The number of hydrogen-bond donors (Lipinski definition) is 2. The maximum atomic E-state index is 11.7. The van der Waals surface area contributed by atoms with E-state index in [-0.39, 0.29) is 12.5 Å². The molecule has 1 heterocycles.